The van der Waals surface area contributed by atoms with Crippen LogP contribution in [0.5, 0.6) is 5.75 Å². The number of anilines is 3. The van der Waals surface area contributed by atoms with Crippen molar-refractivity contribution in [1.29, 1.82) is 0 Å². The van der Waals surface area contributed by atoms with Crippen molar-refractivity contribution in [3.8, 4) is 5.75 Å². The summed E-state index contributed by atoms with van der Waals surface area (Å²) in [5.74, 6) is 0.678. The summed E-state index contributed by atoms with van der Waals surface area (Å²) in [7, 11) is 0. The molecule has 3 aromatic rings. The molecule has 7 heteroatoms. The minimum absolute atomic E-state index is 0.00156. The molecular weight excluding hydrogens is 376 g/mol. The van der Waals surface area contributed by atoms with Crippen molar-refractivity contribution in [3.63, 3.8) is 0 Å². The maximum absolute atomic E-state index is 12.5. The Morgan fingerprint density at radius 2 is 1.71 bits per heavy atom. The number of nitrogens with zero attached hydrogens (tertiary/aromatic N) is 2. The molecule has 144 valence electrons. The van der Waals surface area contributed by atoms with E-state index in [9.17, 15) is 4.79 Å². The molecule has 0 aliphatic heterocycles. The second-order valence-corrected chi connectivity index (χ2v) is 6.86. The Hall–Kier alpha value is -3.12. The van der Waals surface area contributed by atoms with Crippen LogP contribution in [0.1, 0.15) is 29.8 Å². The Balaban J connectivity index is 1.72. The maximum atomic E-state index is 12.5. The number of carbonyl (C=O) groups is 1. The molecule has 0 radical (unpaired) electrons. The van der Waals surface area contributed by atoms with E-state index in [4.69, 9.17) is 16.3 Å². The first-order chi connectivity index (χ1) is 13.4. The molecule has 0 spiro atoms. The number of ether oxygens (including phenoxy) is 1. The topological polar surface area (TPSA) is 76.1 Å². The van der Waals surface area contributed by atoms with Crippen LogP contribution in [0.2, 0.25) is 5.02 Å². The summed E-state index contributed by atoms with van der Waals surface area (Å²) in [6.07, 6.45) is 2.94. The molecule has 1 aromatic heterocycles. The van der Waals surface area contributed by atoms with Crippen LogP contribution in [-0.4, -0.2) is 22.0 Å². The van der Waals surface area contributed by atoms with Gasteiger partial charge >= 0.3 is 0 Å². The fourth-order valence-corrected chi connectivity index (χ4v) is 2.67. The maximum Gasteiger partial charge on any atom is 0.258 e. The number of rotatable bonds is 6. The third kappa shape index (κ3) is 4.78. The molecule has 1 heterocycles. The van der Waals surface area contributed by atoms with Gasteiger partial charge in [-0.05, 0) is 50.6 Å². The van der Waals surface area contributed by atoms with Crippen molar-refractivity contribution in [2.24, 2.45) is 0 Å². The van der Waals surface area contributed by atoms with Crippen LogP contribution in [0.15, 0.2) is 54.9 Å². The van der Waals surface area contributed by atoms with Gasteiger partial charge in [0.05, 0.1) is 17.4 Å². The van der Waals surface area contributed by atoms with Gasteiger partial charge in [0.25, 0.3) is 5.91 Å². The Kier molecular flexibility index (Phi) is 6.11. The van der Waals surface area contributed by atoms with Gasteiger partial charge in [-0.2, -0.15) is 0 Å². The lowest BCUT2D eigenvalue weighted by molar-refractivity contribution is 0.102. The largest absolute Gasteiger partial charge is 0.489 e. The smallest absolute Gasteiger partial charge is 0.258 e. The van der Waals surface area contributed by atoms with Crippen molar-refractivity contribution in [2.45, 2.75) is 26.9 Å². The number of hydrogen-bond acceptors (Lipinski definition) is 5. The zero-order valence-corrected chi connectivity index (χ0v) is 16.6. The van der Waals surface area contributed by atoms with Gasteiger partial charge in [-0.25, -0.2) is 9.97 Å². The molecule has 0 saturated heterocycles. The lowest BCUT2D eigenvalue weighted by Crippen LogP contribution is -2.15. The SMILES string of the molecule is Cc1c(Cl)cccc1Nc1ncc(C(=O)Nc2ccccc2OC(C)C)cn1. The van der Waals surface area contributed by atoms with Gasteiger partial charge in [0, 0.05) is 23.1 Å². The highest BCUT2D eigenvalue weighted by molar-refractivity contribution is 6.31. The molecule has 0 fully saturated rings. The van der Waals surface area contributed by atoms with E-state index >= 15 is 0 Å². The van der Waals surface area contributed by atoms with Crippen LogP contribution in [0.4, 0.5) is 17.3 Å². The first kappa shape index (κ1) is 19.6. The van der Waals surface area contributed by atoms with Crippen molar-refractivity contribution in [2.75, 3.05) is 10.6 Å². The average molecular weight is 397 g/mol. The van der Waals surface area contributed by atoms with E-state index in [1.54, 1.807) is 6.07 Å². The van der Waals surface area contributed by atoms with Gasteiger partial charge in [0.2, 0.25) is 5.95 Å². The molecule has 0 unspecified atom stereocenters. The van der Waals surface area contributed by atoms with E-state index in [-0.39, 0.29) is 12.0 Å². The van der Waals surface area contributed by atoms with Crippen LogP contribution < -0.4 is 15.4 Å². The first-order valence-electron chi connectivity index (χ1n) is 8.85. The number of aromatic nitrogens is 2. The monoisotopic (exact) mass is 396 g/mol. The van der Waals surface area contributed by atoms with Gasteiger partial charge in [0.1, 0.15) is 5.75 Å². The van der Waals surface area contributed by atoms with E-state index in [1.807, 2.05) is 57.2 Å². The zero-order valence-electron chi connectivity index (χ0n) is 15.9. The summed E-state index contributed by atoms with van der Waals surface area (Å²) in [4.78, 5) is 21.0. The molecule has 0 aliphatic rings. The Morgan fingerprint density at radius 3 is 2.43 bits per heavy atom. The number of carbonyl (C=O) groups excluding carboxylic acids is 1. The molecule has 28 heavy (non-hydrogen) atoms. The second kappa shape index (κ2) is 8.71. The molecule has 2 aromatic carbocycles. The van der Waals surface area contributed by atoms with Gasteiger partial charge in [-0.1, -0.05) is 29.8 Å². The summed E-state index contributed by atoms with van der Waals surface area (Å²) in [5, 5.41) is 6.59. The standard InChI is InChI=1S/C21H21ClN4O2/c1-13(2)28-19-10-5-4-8-18(19)25-20(27)15-11-23-21(24-12-15)26-17-9-6-7-16(22)14(17)3/h4-13H,1-3H3,(H,25,27)(H,23,24,26). The Bertz CT molecular complexity index is 974. The average Bonchev–Trinajstić information content (AvgIpc) is 2.67. The minimum Gasteiger partial charge on any atom is -0.489 e. The van der Waals surface area contributed by atoms with E-state index in [0.29, 0.717) is 28.0 Å². The van der Waals surface area contributed by atoms with Crippen LogP contribution in [0.3, 0.4) is 0 Å². The number of halogens is 1. The summed E-state index contributed by atoms with van der Waals surface area (Å²) >= 11 is 6.12. The van der Waals surface area contributed by atoms with Crippen LogP contribution in [0.25, 0.3) is 0 Å². The van der Waals surface area contributed by atoms with Crippen LogP contribution >= 0.6 is 11.6 Å². The number of hydrogen-bond donors (Lipinski definition) is 2. The molecule has 6 nitrogen and oxygen atoms in total. The van der Waals surface area contributed by atoms with Gasteiger partial charge in [0.15, 0.2) is 0 Å². The summed E-state index contributed by atoms with van der Waals surface area (Å²) in [5.41, 5.74) is 2.64. The molecule has 0 atom stereocenters. The molecule has 3 rings (SSSR count). The highest BCUT2D eigenvalue weighted by Gasteiger charge is 2.12. The zero-order chi connectivity index (χ0) is 20.1. The number of nitrogens with one attached hydrogen (secondary N) is 2. The van der Waals surface area contributed by atoms with Crippen LogP contribution in [0, 0.1) is 6.92 Å². The third-order valence-electron chi connectivity index (χ3n) is 3.93. The lowest BCUT2D eigenvalue weighted by atomic mass is 10.2. The molecule has 0 bridgehead atoms. The second-order valence-electron chi connectivity index (χ2n) is 6.45. The Labute approximate surface area is 168 Å². The number of para-hydroxylation sites is 2. The van der Waals surface area contributed by atoms with Gasteiger partial charge in [-0.3, -0.25) is 4.79 Å². The van der Waals surface area contributed by atoms with Crippen LogP contribution in [-0.2, 0) is 0 Å². The summed E-state index contributed by atoms with van der Waals surface area (Å²) in [6, 6.07) is 12.8. The number of benzene rings is 2. The molecule has 0 aliphatic carbocycles. The van der Waals surface area contributed by atoms with Gasteiger partial charge < -0.3 is 15.4 Å². The van der Waals surface area contributed by atoms with Gasteiger partial charge in [-0.15, -0.1) is 0 Å². The first-order valence-corrected chi connectivity index (χ1v) is 9.23. The van der Waals surface area contributed by atoms with Crippen molar-refractivity contribution in [3.05, 3.63) is 71.0 Å². The lowest BCUT2D eigenvalue weighted by Gasteiger charge is -2.14. The van der Waals surface area contributed by atoms with E-state index in [1.165, 1.54) is 12.4 Å². The van der Waals surface area contributed by atoms with E-state index < -0.39 is 0 Å². The summed E-state index contributed by atoms with van der Waals surface area (Å²) in [6.45, 7) is 5.77. The predicted molar refractivity (Wildman–Crippen MR) is 112 cm³/mol. The molecule has 1 amide bonds. The molecule has 2 N–H and O–H groups in total. The Morgan fingerprint density at radius 1 is 1.04 bits per heavy atom. The number of amides is 1. The summed E-state index contributed by atoms with van der Waals surface area (Å²) < 4.78 is 5.72. The normalized spacial score (nSPS) is 10.6. The molecular formula is C21H21ClN4O2. The minimum atomic E-state index is -0.315. The fraction of sp³-hybridized carbons (Fsp3) is 0.190. The van der Waals surface area contributed by atoms with Crippen molar-refractivity contribution in [1.82, 2.24) is 9.97 Å². The van der Waals surface area contributed by atoms with Crippen molar-refractivity contribution >= 4 is 34.8 Å². The highest BCUT2D eigenvalue weighted by atomic mass is 35.5. The van der Waals surface area contributed by atoms with Crippen molar-refractivity contribution < 1.29 is 9.53 Å². The highest BCUT2D eigenvalue weighted by Crippen LogP contribution is 2.26. The predicted octanol–water partition coefficient (Wildman–Crippen LogP) is 5.22. The quantitative estimate of drug-likeness (QED) is 0.597. The third-order valence-corrected chi connectivity index (χ3v) is 4.34. The fourth-order valence-electron chi connectivity index (χ4n) is 2.49. The van der Waals surface area contributed by atoms with E-state index in [2.05, 4.69) is 20.6 Å². The molecule has 0 saturated carbocycles. The van der Waals surface area contributed by atoms with E-state index in [0.717, 1.165) is 11.3 Å².